The Morgan fingerprint density at radius 3 is 2.89 bits per heavy atom. The zero-order valence-electron chi connectivity index (χ0n) is 15.9. The van der Waals surface area contributed by atoms with E-state index >= 15 is 0 Å². The molecule has 1 saturated heterocycles. The highest BCUT2D eigenvalue weighted by molar-refractivity contribution is 5.37. The maximum atomic E-state index is 4.64. The highest BCUT2D eigenvalue weighted by atomic mass is 15.3. The quantitative estimate of drug-likeness (QED) is 0.725. The van der Waals surface area contributed by atoms with Crippen LogP contribution in [-0.4, -0.2) is 48.0 Å². The zero-order chi connectivity index (χ0) is 18.3. The van der Waals surface area contributed by atoms with E-state index in [4.69, 9.17) is 0 Å². The van der Waals surface area contributed by atoms with Crippen molar-refractivity contribution in [2.45, 2.75) is 51.9 Å². The first-order valence-corrected chi connectivity index (χ1v) is 10.00. The Balaban J connectivity index is 1.43. The van der Waals surface area contributed by atoms with Crippen molar-refractivity contribution in [2.75, 3.05) is 13.1 Å². The van der Waals surface area contributed by atoms with Crippen molar-refractivity contribution in [1.29, 1.82) is 0 Å². The third-order valence-electron chi connectivity index (χ3n) is 6.43. The fourth-order valence-corrected chi connectivity index (χ4v) is 4.76. The molecule has 27 heavy (non-hydrogen) atoms. The molecular formula is C20H27N7. The molecule has 1 aliphatic carbocycles. The van der Waals surface area contributed by atoms with Gasteiger partial charge in [0.2, 0.25) is 0 Å². The van der Waals surface area contributed by atoms with Crippen molar-refractivity contribution >= 4 is 5.65 Å². The third-order valence-corrected chi connectivity index (χ3v) is 6.43. The van der Waals surface area contributed by atoms with E-state index in [0.29, 0.717) is 11.5 Å². The molecule has 1 unspecified atom stereocenters. The smallest absolute Gasteiger partial charge is 0.155 e. The molecular weight excluding hydrogens is 338 g/mol. The van der Waals surface area contributed by atoms with Crippen LogP contribution in [0.2, 0.25) is 0 Å². The molecule has 0 amide bonds. The Labute approximate surface area is 159 Å². The number of rotatable bonds is 6. The van der Waals surface area contributed by atoms with Crippen LogP contribution < -0.4 is 5.32 Å². The van der Waals surface area contributed by atoms with E-state index in [0.717, 1.165) is 44.2 Å². The molecule has 1 atom stereocenters. The van der Waals surface area contributed by atoms with Crippen LogP contribution in [0.3, 0.4) is 0 Å². The molecule has 2 fully saturated rings. The molecule has 1 saturated carbocycles. The molecule has 3 aromatic heterocycles. The second-order valence-corrected chi connectivity index (χ2v) is 7.92. The fourth-order valence-electron chi connectivity index (χ4n) is 4.76. The van der Waals surface area contributed by atoms with Gasteiger partial charge in [0.05, 0.1) is 24.6 Å². The fraction of sp³-hybridized carbons (Fsp3) is 0.550. The van der Waals surface area contributed by atoms with Crippen LogP contribution in [0, 0.1) is 5.41 Å². The van der Waals surface area contributed by atoms with E-state index in [1.165, 1.54) is 25.0 Å². The van der Waals surface area contributed by atoms with Gasteiger partial charge in [0, 0.05) is 43.9 Å². The van der Waals surface area contributed by atoms with Crippen LogP contribution in [0.1, 0.15) is 37.7 Å². The average Bonchev–Trinajstić information content (AvgIpc) is 3.06. The number of nitrogens with zero attached hydrogens (tertiary/aromatic N) is 6. The SMILES string of the molecule is CCn1ccnc1CN(Cc1cnc2cnccn12)C1CC12CCNCC2. The summed E-state index contributed by atoms with van der Waals surface area (Å²) in [7, 11) is 0. The lowest BCUT2D eigenvalue weighted by Gasteiger charge is -2.29. The summed E-state index contributed by atoms with van der Waals surface area (Å²) in [4.78, 5) is 16.0. The molecule has 142 valence electrons. The third kappa shape index (κ3) is 3.04. The number of hydrogen-bond donors (Lipinski definition) is 1. The van der Waals surface area contributed by atoms with Gasteiger partial charge in [-0.2, -0.15) is 0 Å². The Bertz CT molecular complexity index is 921. The summed E-state index contributed by atoms with van der Waals surface area (Å²) in [5.41, 5.74) is 2.63. The minimum absolute atomic E-state index is 0.497. The second-order valence-electron chi connectivity index (χ2n) is 7.92. The molecule has 1 N–H and O–H groups in total. The Morgan fingerprint density at radius 2 is 2.04 bits per heavy atom. The maximum absolute atomic E-state index is 4.64. The van der Waals surface area contributed by atoms with Crippen LogP contribution in [0.4, 0.5) is 0 Å². The average molecular weight is 365 g/mol. The van der Waals surface area contributed by atoms with E-state index in [-0.39, 0.29) is 0 Å². The van der Waals surface area contributed by atoms with Gasteiger partial charge in [-0.05, 0) is 44.7 Å². The van der Waals surface area contributed by atoms with Crippen LogP contribution in [0.5, 0.6) is 0 Å². The predicted molar refractivity (Wildman–Crippen MR) is 103 cm³/mol. The maximum Gasteiger partial charge on any atom is 0.155 e. The lowest BCUT2D eigenvalue weighted by atomic mass is 9.93. The molecule has 4 heterocycles. The molecule has 0 radical (unpaired) electrons. The normalized spacial score (nSPS) is 21.3. The van der Waals surface area contributed by atoms with Gasteiger partial charge in [-0.25, -0.2) is 9.97 Å². The lowest BCUT2D eigenvalue weighted by molar-refractivity contribution is 0.180. The Hall–Kier alpha value is -2.25. The Kier molecular flexibility index (Phi) is 4.21. The van der Waals surface area contributed by atoms with Crippen molar-refractivity contribution in [3.8, 4) is 0 Å². The van der Waals surface area contributed by atoms with Gasteiger partial charge in [0.25, 0.3) is 0 Å². The first-order valence-electron chi connectivity index (χ1n) is 10.00. The molecule has 7 nitrogen and oxygen atoms in total. The van der Waals surface area contributed by atoms with Gasteiger partial charge in [-0.1, -0.05) is 0 Å². The van der Waals surface area contributed by atoms with E-state index in [2.05, 4.69) is 47.3 Å². The minimum atomic E-state index is 0.497. The summed E-state index contributed by atoms with van der Waals surface area (Å²) in [6.07, 6.45) is 15.5. The van der Waals surface area contributed by atoms with Gasteiger partial charge in [0.15, 0.2) is 5.65 Å². The van der Waals surface area contributed by atoms with Gasteiger partial charge >= 0.3 is 0 Å². The number of aromatic nitrogens is 5. The van der Waals surface area contributed by atoms with Crippen molar-refractivity contribution in [3.05, 3.63) is 48.7 Å². The topological polar surface area (TPSA) is 63.3 Å². The predicted octanol–water partition coefficient (Wildman–Crippen LogP) is 2.09. The second kappa shape index (κ2) is 6.73. The van der Waals surface area contributed by atoms with E-state index in [9.17, 15) is 0 Å². The number of hydrogen-bond acceptors (Lipinski definition) is 5. The van der Waals surface area contributed by atoms with Gasteiger partial charge < -0.3 is 9.88 Å². The molecule has 0 bridgehead atoms. The summed E-state index contributed by atoms with van der Waals surface area (Å²) in [5, 5.41) is 3.52. The van der Waals surface area contributed by atoms with Crippen molar-refractivity contribution in [3.63, 3.8) is 0 Å². The van der Waals surface area contributed by atoms with Crippen LogP contribution in [0.15, 0.2) is 37.2 Å². The number of imidazole rings is 2. The van der Waals surface area contributed by atoms with Crippen molar-refractivity contribution < 1.29 is 0 Å². The van der Waals surface area contributed by atoms with Gasteiger partial charge in [-0.15, -0.1) is 0 Å². The number of fused-ring (bicyclic) bond motifs is 1. The summed E-state index contributed by atoms with van der Waals surface area (Å²) in [5.74, 6) is 1.16. The van der Waals surface area contributed by atoms with E-state index < -0.39 is 0 Å². The van der Waals surface area contributed by atoms with Crippen molar-refractivity contribution in [2.24, 2.45) is 5.41 Å². The van der Waals surface area contributed by atoms with Crippen LogP contribution in [0.25, 0.3) is 5.65 Å². The van der Waals surface area contributed by atoms with E-state index in [1.54, 1.807) is 0 Å². The standard InChI is InChI=1S/C20H27N7/c1-2-25-9-8-23-19(25)15-26(17-11-20(17)3-5-21-6-4-20)14-16-12-24-18-13-22-7-10-27(16)18/h7-10,12-13,17,21H,2-6,11,14-15H2,1H3. The number of nitrogens with one attached hydrogen (secondary N) is 1. The summed E-state index contributed by atoms with van der Waals surface area (Å²) in [6.45, 7) is 7.22. The van der Waals surface area contributed by atoms with E-state index in [1.807, 2.05) is 31.0 Å². The molecule has 0 aromatic carbocycles. The van der Waals surface area contributed by atoms with Crippen molar-refractivity contribution in [1.82, 2.24) is 34.1 Å². The first kappa shape index (κ1) is 16.9. The molecule has 1 spiro atoms. The first-order chi connectivity index (χ1) is 13.3. The van der Waals surface area contributed by atoms with Gasteiger partial charge in [-0.3, -0.25) is 14.3 Å². The molecule has 7 heteroatoms. The Morgan fingerprint density at radius 1 is 1.15 bits per heavy atom. The van der Waals surface area contributed by atoms with Crippen LogP contribution >= 0.6 is 0 Å². The highest BCUT2D eigenvalue weighted by Gasteiger charge is 2.56. The molecule has 5 rings (SSSR count). The zero-order valence-corrected chi connectivity index (χ0v) is 15.9. The monoisotopic (exact) mass is 365 g/mol. The summed E-state index contributed by atoms with van der Waals surface area (Å²) < 4.78 is 4.41. The number of aryl methyl sites for hydroxylation is 1. The van der Waals surface area contributed by atoms with Crippen LogP contribution in [-0.2, 0) is 19.6 Å². The minimum Gasteiger partial charge on any atom is -0.334 e. The molecule has 1 aliphatic heterocycles. The number of piperidine rings is 1. The van der Waals surface area contributed by atoms with Gasteiger partial charge in [0.1, 0.15) is 5.82 Å². The molecule has 2 aliphatic rings. The highest BCUT2D eigenvalue weighted by Crippen LogP contribution is 2.56. The largest absolute Gasteiger partial charge is 0.334 e. The molecule has 3 aromatic rings. The lowest BCUT2D eigenvalue weighted by Crippen LogP contribution is -2.36. The summed E-state index contributed by atoms with van der Waals surface area (Å²) >= 11 is 0. The summed E-state index contributed by atoms with van der Waals surface area (Å²) in [6, 6.07) is 0.633.